The first-order valence-corrected chi connectivity index (χ1v) is 7.57. The Bertz CT molecular complexity index is 360. The second-order valence-electron chi connectivity index (χ2n) is 5.91. The fraction of sp³-hybridized carbons (Fsp3) is 0.647. The van der Waals surface area contributed by atoms with Crippen molar-refractivity contribution >= 4 is 0 Å². The van der Waals surface area contributed by atoms with E-state index in [9.17, 15) is 0 Å². The normalized spacial score (nSPS) is 11.8. The van der Waals surface area contributed by atoms with E-state index in [1.807, 2.05) is 0 Å². The molecule has 1 N–H and O–H groups in total. The van der Waals surface area contributed by atoms with E-state index in [0.29, 0.717) is 12.1 Å². The van der Waals surface area contributed by atoms with Crippen molar-refractivity contribution in [1.29, 1.82) is 0 Å². The van der Waals surface area contributed by atoms with Gasteiger partial charge in [0.25, 0.3) is 0 Å². The predicted octanol–water partition coefficient (Wildman–Crippen LogP) is 3.04. The molecule has 0 heterocycles. The van der Waals surface area contributed by atoms with Crippen LogP contribution >= 0.6 is 0 Å². The number of hydrogen-bond donors (Lipinski definition) is 1. The molecule has 0 saturated carbocycles. The quantitative estimate of drug-likeness (QED) is 0.751. The molecule has 0 aromatic heterocycles. The fourth-order valence-electron chi connectivity index (χ4n) is 2.05. The predicted molar refractivity (Wildman–Crippen MR) is 85.8 cm³/mol. The maximum Gasteiger partial charge on any atom is 0.0589 e. The number of methoxy groups -OCH3 is 1. The number of benzene rings is 1. The average molecular weight is 278 g/mol. The van der Waals surface area contributed by atoms with Crippen LogP contribution in [0.2, 0.25) is 0 Å². The summed E-state index contributed by atoms with van der Waals surface area (Å²) in [6.07, 6.45) is 0. The molecule has 1 aromatic rings. The van der Waals surface area contributed by atoms with E-state index in [2.05, 4.69) is 62.2 Å². The Hall–Kier alpha value is -0.900. The molecule has 0 bridgehead atoms. The Balaban J connectivity index is 2.53. The summed E-state index contributed by atoms with van der Waals surface area (Å²) in [5.74, 6) is 0. The summed E-state index contributed by atoms with van der Waals surface area (Å²) < 4.78 is 5.18. The molecule has 0 amide bonds. The Kier molecular flexibility index (Phi) is 7.82. The highest BCUT2D eigenvalue weighted by Gasteiger charge is 2.09. The van der Waals surface area contributed by atoms with Gasteiger partial charge in [-0.2, -0.15) is 0 Å². The van der Waals surface area contributed by atoms with Crippen LogP contribution in [0, 0.1) is 0 Å². The lowest BCUT2D eigenvalue weighted by Gasteiger charge is -2.26. The molecule has 114 valence electrons. The monoisotopic (exact) mass is 278 g/mol. The van der Waals surface area contributed by atoms with E-state index >= 15 is 0 Å². The van der Waals surface area contributed by atoms with Gasteiger partial charge >= 0.3 is 0 Å². The molecule has 0 aliphatic rings. The minimum atomic E-state index is 0.528. The van der Waals surface area contributed by atoms with Crippen LogP contribution in [0.4, 0.5) is 0 Å². The Morgan fingerprint density at radius 2 is 1.65 bits per heavy atom. The van der Waals surface area contributed by atoms with E-state index in [0.717, 1.165) is 26.2 Å². The first-order chi connectivity index (χ1) is 9.52. The van der Waals surface area contributed by atoms with E-state index in [1.54, 1.807) is 7.11 Å². The molecule has 1 aromatic carbocycles. The molecule has 0 unspecified atom stereocenters. The lowest BCUT2D eigenvalue weighted by atomic mass is 10.1. The third kappa shape index (κ3) is 6.51. The van der Waals surface area contributed by atoms with Crippen LogP contribution < -0.4 is 5.32 Å². The van der Waals surface area contributed by atoms with E-state index in [1.165, 1.54) is 11.1 Å². The van der Waals surface area contributed by atoms with Crippen LogP contribution in [0.15, 0.2) is 24.3 Å². The van der Waals surface area contributed by atoms with E-state index < -0.39 is 0 Å². The van der Waals surface area contributed by atoms with Crippen LogP contribution in [0.5, 0.6) is 0 Å². The van der Waals surface area contributed by atoms with Crippen molar-refractivity contribution in [2.75, 3.05) is 20.3 Å². The Morgan fingerprint density at radius 3 is 2.15 bits per heavy atom. The zero-order valence-electron chi connectivity index (χ0n) is 13.6. The van der Waals surface area contributed by atoms with Crippen molar-refractivity contribution in [3.05, 3.63) is 35.4 Å². The number of ether oxygens (including phenoxy) is 1. The van der Waals surface area contributed by atoms with Gasteiger partial charge in [-0.25, -0.2) is 0 Å². The maximum atomic E-state index is 5.18. The average Bonchev–Trinajstić information content (AvgIpc) is 2.42. The lowest BCUT2D eigenvalue weighted by molar-refractivity contribution is 0.125. The van der Waals surface area contributed by atoms with Crippen LogP contribution in [0.25, 0.3) is 0 Å². The second-order valence-corrected chi connectivity index (χ2v) is 5.91. The minimum absolute atomic E-state index is 0.528. The van der Waals surface area contributed by atoms with Crippen LogP contribution in [0.3, 0.4) is 0 Å². The molecule has 0 aliphatic heterocycles. The summed E-state index contributed by atoms with van der Waals surface area (Å²) in [4.78, 5) is 2.44. The summed E-state index contributed by atoms with van der Waals surface area (Å²) >= 11 is 0. The molecular formula is C17H30N2O. The summed E-state index contributed by atoms with van der Waals surface area (Å²) in [7, 11) is 1.76. The molecule has 0 fully saturated rings. The van der Waals surface area contributed by atoms with E-state index in [-0.39, 0.29) is 0 Å². The molecule has 0 atom stereocenters. The van der Waals surface area contributed by atoms with Crippen molar-refractivity contribution in [3.63, 3.8) is 0 Å². The second kappa shape index (κ2) is 9.11. The number of nitrogens with zero attached hydrogens (tertiary/aromatic N) is 1. The van der Waals surface area contributed by atoms with Gasteiger partial charge in [-0.15, -0.1) is 0 Å². The third-order valence-corrected chi connectivity index (χ3v) is 3.44. The molecule has 0 spiro atoms. The molecule has 0 aliphatic carbocycles. The molecule has 20 heavy (non-hydrogen) atoms. The standard InChI is InChI=1S/C17H30N2O/c1-14(2)18-12-16-6-8-17(9-7-16)13-19(15(3)4)10-11-20-5/h6-9,14-15,18H,10-13H2,1-5H3. The highest BCUT2D eigenvalue weighted by Crippen LogP contribution is 2.10. The number of hydrogen-bond acceptors (Lipinski definition) is 3. The Morgan fingerprint density at radius 1 is 1.05 bits per heavy atom. The lowest BCUT2D eigenvalue weighted by Crippen LogP contribution is -2.33. The largest absolute Gasteiger partial charge is 0.383 e. The zero-order chi connectivity index (χ0) is 15.0. The molecule has 3 heteroatoms. The molecule has 1 rings (SSSR count). The van der Waals surface area contributed by atoms with Crippen LogP contribution in [0.1, 0.15) is 38.8 Å². The number of rotatable bonds is 9. The van der Waals surface area contributed by atoms with Crippen LogP contribution in [-0.2, 0) is 17.8 Å². The van der Waals surface area contributed by atoms with Gasteiger partial charge < -0.3 is 10.1 Å². The summed E-state index contributed by atoms with van der Waals surface area (Å²) in [6, 6.07) is 9.98. The van der Waals surface area contributed by atoms with Crippen molar-refractivity contribution in [3.8, 4) is 0 Å². The number of nitrogens with one attached hydrogen (secondary N) is 1. The molecular weight excluding hydrogens is 248 g/mol. The highest BCUT2D eigenvalue weighted by atomic mass is 16.5. The zero-order valence-corrected chi connectivity index (χ0v) is 13.6. The molecule has 0 radical (unpaired) electrons. The van der Waals surface area contributed by atoms with Crippen molar-refractivity contribution < 1.29 is 4.74 Å². The van der Waals surface area contributed by atoms with Crippen molar-refractivity contribution in [2.45, 2.75) is 52.9 Å². The van der Waals surface area contributed by atoms with E-state index in [4.69, 9.17) is 4.74 Å². The van der Waals surface area contributed by atoms with Gasteiger partial charge in [0.05, 0.1) is 6.61 Å². The third-order valence-electron chi connectivity index (χ3n) is 3.44. The van der Waals surface area contributed by atoms with Gasteiger partial charge in [0.1, 0.15) is 0 Å². The minimum Gasteiger partial charge on any atom is -0.383 e. The fourth-order valence-corrected chi connectivity index (χ4v) is 2.05. The Labute approximate surface area is 124 Å². The first-order valence-electron chi connectivity index (χ1n) is 7.57. The molecule has 0 saturated heterocycles. The van der Waals surface area contributed by atoms with Gasteiger partial charge in [0.15, 0.2) is 0 Å². The van der Waals surface area contributed by atoms with Crippen molar-refractivity contribution in [2.24, 2.45) is 0 Å². The topological polar surface area (TPSA) is 24.5 Å². The summed E-state index contributed by atoms with van der Waals surface area (Å²) in [5.41, 5.74) is 2.71. The maximum absolute atomic E-state index is 5.18. The first kappa shape index (κ1) is 17.2. The summed E-state index contributed by atoms with van der Waals surface area (Å²) in [6.45, 7) is 12.5. The van der Waals surface area contributed by atoms with Gasteiger partial charge in [0, 0.05) is 38.8 Å². The van der Waals surface area contributed by atoms with Crippen LogP contribution in [-0.4, -0.2) is 37.2 Å². The van der Waals surface area contributed by atoms with Gasteiger partial charge in [-0.3, -0.25) is 4.90 Å². The van der Waals surface area contributed by atoms with Gasteiger partial charge in [-0.05, 0) is 25.0 Å². The van der Waals surface area contributed by atoms with Gasteiger partial charge in [0.2, 0.25) is 0 Å². The SMILES string of the molecule is COCCN(Cc1ccc(CNC(C)C)cc1)C(C)C. The van der Waals surface area contributed by atoms with Crippen molar-refractivity contribution in [1.82, 2.24) is 10.2 Å². The van der Waals surface area contributed by atoms with Gasteiger partial charge in [-0.1, -0.05) is 38.1 Å². The smallest absolute Gasteiger partial charge is 0.0589 e. The summed E-state index contributed by atoms with van der Waals surface area (Å²) in [5, 5.41) is 3.44. The highest BCUT2D eigenvalue weighted by molar-refractivity contribution is 5.22. The molecule has 3 nitrogen and oxygen atoms in total.